The van der Waals surface area contributed by atoms with Crippen molar-refractivity contribution in [3.8, 4) is 11.5 Å². The smallest absolute Gasteiger partial charge is 0.261 e. The minimum absolute atomic E-state index is 0.292. The molecule has 1 aromatic heterocycles. The van der Waals surface area contributed by atoms with E-state index in [1.807, 2.05) is 20.8 Å². The summed E-state index contributed by atoms with van der Waals surface area (Å²) < 4.78 is 10.6. The average molecular weight is 524 g/mol. The van der Waals surface area contributed by atoms with E-state index in [-0.39, 0.29) is 18.4 Å². The highest BCUT2D eigenvalue weighted by atomic mass is 32.1. The number of methoxy groups -OCH3 is 2. The highest BCUT2D eigenvalue weighted by Crippen LogP contribution is 2.31. The third-order valence-corrected chi connectivity index (χ3v) is 6.92. The van der Waals surface area contributed by atoms with Gasteiger partial charge in [-0.05, 0) is 73.7 Å². The Balaban J connectivity index is 2.04. The van der Waals surface area contributed by atoms with Gasteiger partial charge >= 0.3 is 0 Å². The fourth-order valence-electron chi connectivity index (χ4n) is 3.61. The quantitative estimate of drug-likeness (QED) is 0.384. The van der Waals surface area contributed by atoms with E-state index in [4.69, 9.17) is 9.47 Å². The van der Waals surface area contributed by atoms with Crippen molar-refractivity contribution in [3.63, 3.8) is 0 Å². The molecule has 3 aromatic rings. The summed E-state index contributed by atoms with van der Waals surface area (Å²) in [6.07, 6.45) is 0.696. The molecule has 3 rings (SSSR count). The lowest BCUT2D eigenvalue weighted by Gasteiger charge is -2.34. The number of ether oxygens (including phenoxy) is 2. The molecule has 0 saturated heterocycles. The molecule has 2 N–H and O–H groups in total. The minimum Gasteiger partial charge on any atom is -0.497 e. The van der Waals surface area contributed by atoms with Gasteiger partial charge in [-0.25, -0.2) is 0 Å². The number of rotatable bonds is 11. The van der Waals surface area contributed by atoms with E-state index in [1.165, 1.54) is 16.2 Å². The monoisotopic (exact) mass is 523 g/mol. The molecule has 8 nitrogen and oxygen atoms in total. The second-order valence-corrected chi connectivity index (χ2v) is 9.97. The van der Waals surface area contributed by atoms with E-state index < -0.39 is 17.5 Å². The summed E-state index contributed by atoms with van der Waals surface area (Å²) in [7, 11) is 3.12. The maximum Gasteiger partial charge on any atom is 0.261 e. The lowest BCUT2D eigenvalue weighted by Crippen LogP contribution is -2.52. The first-order chi connectivity index (χ1) is 17.7. The van der Waals surface area contributed by atoms with Crippen LogP contribution < -0.4 is 25.0 Å². The number of amides is 3. The number of carbonyl (C=O) groups is 3. The molecule has 0 bridgehead atoms. The summed E-state index contributed by atoms with van der Waals surface area (Å²) in [6, 6.07) is 16.3. The van der Waals surface area contributed by atoms with Crippen LogP contribution in [0.2, 0.25) is 0 Å². The van der Waals surface area contributed by atoms with E-state index in [2.05, 4.69) is 10.6 Å². The maximum absolute atomic E-state index is 13.8. The van der Waals surface area contributed by atoms with Crippen LogP contribution in [-0.2, 0) is 9.59 Å². The van der Waals surface area contributed by atoms with Gasteiger partial charge in [0, 0.05) is 11.2 Å². The molecule has 0 radical (unpaired) electrons. The van der Waals surface area contributed by atoms with Gasteiger partial charge in [0.15, 0.2) is 0 Å². The first-order valence-corrected chi connectivity index (χ1v) is 12.8. The third-order valence-electron chi connectivity index (χ3n) is 6.05. The molecule has 196 valence electrons. The third kappa shape index (κ3) is 7.10. The lowest BCUT2D eigenvalue weighted by molar-refractivity contribution is -0.127. The molecular formula is C28H33N3O5S. The minimum atomic E-state index is -1.00. The van der Waals surface area contributed by atoms with Crippen molar-refractivity contribution in [1.82, 2.24) is 10.6 Å². The molecule has 1 atom stereocenters. The zero-order valence-corrected chi connectivity index (χ0v) is 22.6. The maximum atomic E-state index is 13.8. The van der Waals surface area contributed by atoms with Crippen LogP contribution in [0.15, 0.2) is 66.0 Å². The molecule has 0 aliphatic rings. The predicted molar refractivity (Wildman–Crippen MR) is 145 cm³/mol. The van der Waals surface area contributed by atoms with Crippen molar-refractivity contribution >= 4 is 34.7 Å². The van der Waals surface area contributed by atoms with E-state index in [1.54, 1.807) is 80.3 Å². The number of benzene rings is 2. The largest absolute Gasteiger partial charge is 0.497 e. The zero-order chi connectivity index (χ0) is 27.0. The molecule has 37 heavy (non-hydrogen) atoms. The van der Waals surface area contributed by atoms with Crippen LogP contribution in [0.4, 0.5) is 5.69 Å². The Hall–Kier alpha value is -3.85. The number of nitrogens with zero attached hydrogens (tertiary/aromatic N) is 1. The van der Waals surface area contributed by atoms with E-state index in [9.17, 15) is 14.4 Å². The molecule has 0 unspecified atom stereocenters. The standard InChI is InChI=1S/C28H33N3O5S/c1-6-28(2,3)30-27(34)25(19-9-13-21(35-4)14-10-19)31(20-11-15-22(36-5)16-12-20)24(32)18-29-26(33)23-8-7-17-37-23/h7-17,25H,6,18H2,1-5H3,(H,29,33)(H,30,34)/t25-/m0/s1. The second-order valence-electron chi connectivity index (χ2n) is 9.02. The van der Waals surface area contributed by atoms with E-state index >= 15 is 0 Å². The second kappa shape index (κ2) is 12.4. The van der Waals surface area contributed by atoms with Gasteiger partial charge < -0.3 is 20.1 Å². The highest BCUT2D eigenvalue weighted by Gasteiger charge is 2.35. The fourth-order valence-corrected chi connectivity index (χ4v) is 4.25. The predicted octanol–water partition coefficient (Wildman–Crippen LogP) is 4.57. The van der Waals surface area contributed by atoms with Gasteiger partial charge in [-0.2, -0.15) is 0 Å². The van der Waals surface area contributed by atoms with Crippen molar-refractivity contribution in [2.24, 2.45) is 0 Å². The molecule has 9 heteroatoms. The molecule has 0 aliphatic carbocycles. The van der Waals surface area contributed by atoms with Crippen molar-refractivity contribution in [2.75, 3.05) is 25.7 Å². The number of carbonyl (C=O) groups excluding carboxylic acids is 3. The summed E-state index contributed by atoms with van der Waals surface area (Å²) in [5.74, 6) is 0.101. The van der Waals surface area contributed by atoms with Gasteiger partial charge in [-0.3, -0.25) is 19.3 Å². The Labute approximate surface area is 221 Å². The Kier molecular flexibility index (Phi) is 9.30. The molecule has 3 amide bonds. The number of hydrogen-bond donors (Lipinski definition) is 2. The van der Waals surface area contributed by atoms with Gasteiger partial charge in [0.1, 0.15) is 17.5 Å². The van der Waals surface area contributed by atoms with Gasteiger partial charge in [-0.1, -0.05) is 25.1 Å². The van der Waals surface area contributed by atoms with Gasteiger partial charge in [0.25, 0.3) is 5.91 Å². The Morgan fingerprint density at radius 3 is 2.05 bits per heavy atom. The molecule has 1 heterocycles. The van der Waals surface area contributed by atoms with Gasteiger partial charge in [0.2, 0.25) is 11.8 Å². The first-order valence-electron chi connectivity index (χ1n) is 11.9. The number of thiophene rings is 1. The summed E-state index contributed by atoms with van der Waals surface area (Å²) in [4.78, 5) is 42.0. The molecule has 0 spiro atoms. The van der Waals surface area contributed by atoms with Gasteiger partial charge in [0.05, 0.1) is 25.6 Å². The number of hydrogen-bond acceptors (Lipinski definition) is 6. The lowest BCUT2D eigenvalue weighted by atomic mass is 9.98. The number of nitrogens with one attached hydrogen (secondary N) is 2. The van der Waals surface area contributed by atoms with E-state index in [0.717, 1.165) is 0 Å². The van der Waals surface area contributed by atoms with Crippen molar-refractivity contribution in [2.45, 2.75) is 38.8 Å². The van der Waals surface area contributed by atoms with E-state index in [0.29, 0.717) is 34.0 Å². The molecule has 0 saturated carbocycles. The van der Waals surface area contributed by atoms with Gasteiger partial charge in [-0.15, -0.1) is 11.3 Å². The van der Waals surface area contributed by atoms with Crippen LogP contribution in [0, 0.1) is 0 Å². The van der Waals surface area contributed by atoms with Crippen molar-refractivity contribution in [1.29, 1.82) is 0 Å². The Morgan fingerprint density at radius 2 is 1.54 bits per heavy atom. The summed E-state index contributed by atoms with van der Waals surface area (Å²) in [5.41, 5.74) is 0.587. The fraction of sp³-hybridized carbons (Fsp3) is 0.321. The van der Waals surface area contributed by atoms with Crippen LogP contribution in [0.25, 0.3) is 0 Å². The summed E-state index contributed by atoms with van der Waals surface area (Å²) >= 11 is 1.29. The van der Waals surface area contributed by atoms with Crippen molar-refractivity contribution < 1.29 is 23.9 Å². The Morgan fingerprint density at radius 1 is 0.946 bits per heavy atom. The zero-order valence-electron chi connectivity index (χ0n) is 21.7. The average Bonchev–Trinajstić information content (AvgIpc) is 3.45. The first kappa shape index (κ1) is 27.7. The molecule has 2 aromatic carbocycles. The summed E-state index contributed by atoms with van der Waals surface area (Å²) in [6.45, 7) is 5.54. The molecular weight excluding hydrogens is 490 g/mol. The molecule has 0 fully saturated rings. The normalized spacial score (nSPS) is 11.8. The van der Waals surface area contributed by atoms with Crippen molar-refractivity contribution in [3.05, 3.63) is 76.5 Å². The van der Waals surface area contributed by atoms with Crippen LogP contribution in [0.5, 0.6) is 11.5 Å². The van der Waals surface area contributed by atoms with Crippen LogP contribution in [0.1, 0.15) is 48.5 Å². The van der Waals surface area contributed by atoms with Crippen LogP contribution >= 0.6 is 11.3 Å². The summed E-state index contributed by atoms with van der Waals surface area (Å²) in [5, 5.41) is 7.55. The molecule has 0 aliphatic heterocycles. The SMILES string of the molecule is CCC(C)(C)NC(=O)[C@H](c1ccc(OC)cc1)N(C(=O)CNC(=O)c1cccs1)c1ccc(OC)cc1. The van der Waals surface area contributed by atoms with Crippen LogP contribution in [-0.4, -0.2) is 44.0 Å². The highest BCUT2D eigenvalue weighted by molar-refractivity contribution is 7.12. The van der Waals surface area contributed by atoms with Crippen LogP contribution in [0.3, 0.4) is 0 Å². The Bertz CT molecular complexity index is 1190. The number of anilines is 1. The topological polar surface area (TPSA) is 97.0 Å².